The number of nitrogens with zero attached hydrogens (tertiary/aromatic N) is 3. The summed E-state index contributed by atoms with van der Waals surface area (Å²) in [6, 6.07) is 13.0. The van der Waals surface area contributed by atoms with E-state index in [0.29, 0.717) is 49.3 Å². The van der Waals surface area contributed by atoms with E-state index in [0.717, 1.165) is 18.6 Å². The molecule has 0 radical (unpaired) electrons. The molecule has 1 aromatic carbocycles. The van der Waals surface area contributed by atoms with Crippen LogP contribution in [0.25, 0.3) is 11.3 Å². The third kappa shape index (κ3) is 7.48. The number of nitrogens with one attached hydrogen (secondary N) is 1. The van der Waals surface area contributed by atoms with Crippen molar-refractivity contribution < 1.29 is 36.2 Å². The topological polar surface area (TPSA) is 122 Å². The molecule has 3 aromatic rings. The van der Waals surface area contributed by atoms with Crippen LogP contribution in [0.15, 0.2) is 59.6 Å². The Labute approximate surface area is 230 Å². The Morgan fingerprint density at radius 2 is 1.80 bits per heavy atom. The summed E-state index contributed by atoms with van der Waals surface area (Å²) in [5.74, 6) is -0.850. The monoisotopic (exact) mass is 578 g/mol. The lowest BCUT2D eigenvalue weighted by Crippen LogP contribution is -2.30. The largest absolute Gasteiger partial charge is 0.481 e. The number of benzene rings is 1. The molecule has 40 heavy (non-hydrogen) atoms. The second-order valence-electron chi connectivity index (χ2n) is 9.24. The summed E-state index contributed by atoms with van der Waals surface area (Å²) in [5, 5.41) is 8.47. The highest BCUT2D eigenvalue weighted by Gasteiger charge is 2.35. The molecule has 0 aliphatic carbocycles. The SMILES string of the molecule is O=C(O)CCOCCN1CCCCCc2ccccc2-c2nc(ccc2C(F)(F)F)NS(=O)(=O)c2cccc1n2. The molecule has 4 bridgehead atoms. The molecule has 214 valence electrons. The Kier molecular flexibility index (Phi) is 9.25. The number of carbonyl (C=O) groups is 1. The van der Waals surface area contributed by atoms with Gasteiger partial charge in [0.05, 0.1) is 30.9 Å². The Hall–Kier alpha value is -3.71. The lowest BCUT2D eigenvalue weighted by molar-refractivity contribution is -0.138. The number of rotatable bonds is 6. The summed E-state index contributed by atoms with van der Waals surface area (Å²) in [6.45, 7) is 1.15. The first-order valence-corrected chi connectivity index (χ1v) is 14.2. The lowest BCUT2D eigenvalue weighted by atomic mass is 9.96. The normalized spacial score (nSPS) is 15.6. The van der Waals surface area contributed by atoms with Crippen molar-refractivity contribution in [2.24, 2.45) is 0 Å². The first-order chi connectivity index (χ1) is 19.0. The molecular formula is C27H29F3N4O5S. The fourth-order valence-electron chi connectivity index (χ4n) is 4.41. The van der Waals surface area contributed by atoms with E-state index in [9.17, 15) is 26.4 Å². The van der Waals surface area contributed by atoms with Gasteiger partial charge >= 0.3 is 12.1 Å². The van der Waals surface area contributed by atoms with Crippen molar-refractivity contribution in [3.8, 4) is 11.3 Å². The van der Waals surface area contributed by atoms with Gasteiger partial charge in [0, 0.05) is 18.7 Å². The van der Waals surface area contributed by atoms with Crippen LogP contribution in [0.1, 0.15) is 36.8 Å². The summed E-state index contributed by atoms with van der Waals surface area (Å²) in [6.07, 6.45) is -2.14. The van der Waals surface area contributed by atoms with Crippen LogP contribution in [-0.2, 0) is 32.2 Å². The highest BCUT2D eigenvalue weighted by atomic mass is 32.2. The number of carboxylic acids is 1. The number of hydrogen-bond donors (Lipinski definition) is 2. The van der Waals surface area contributed by atoms with Crippen molar-refractivity contribution >= 4 is 27.6 Å². The molecule has 0 spiro atoms. The van der Waals surface area contributed by atoms with E-state index in [-0.39, 0.29) is 36.2 Å². The predicted octanol–water partition coefficient (Wildman–Crippen LogP) is 4.99. The average Bonchev–Trinajstić information content (AvgIpc) is 2.90. The lowest BCUT2D eigenvalue weighted by Gasteiger charge is -2.24. The molecule has 1 aliphatic heterocycles. The van der Waals surface area contributed by atoms with Crippen LogP contribution in [0.3, 0.4) is 0 Å². The maximum absolute atomic E-state index is 13.9. The van der Waals surface area contributed by atoms with Gasteiger partial charge in [-0.3, -0.25) is 9.52 Å². The fourth-order valence-corrected chi connectivity index (χ4v) is 5.38. The number of hydrogen-bond acceptors (Lipinski definition) is 7. The number of carboxylic acid groups (broad SMARTS) is 1. The van der Waals surface area contributed by atoms with Crippen LogP contribution in [0.2, 0.25) is 0 Å². The maximum atomic E-state index is 13.9. The van der Waals surface area contributed by atoms with Gasteiger partial charge in [-0.15, -0.1) is 0 Å². The van der Waals surface area contributed by atoms with Gasteiger partial charge in [-0.2, -0.15) is 21.6 Å². The summed E-state index contributed by atoms with van der Waals surface area (Å²) >= 11 is 0. The van der Waals surface area contributed by atoms with Crippen LogP contribution in [0, 0.1) is 0 Å². The van der Waals surface area contributed by atoms with Gasteiger partial charge in [0.2, 0.25) is 0 Å². The highest BCUT2D eigenvalue weighted by molar-refractivity contribution is 7.92. The molecule has 0 saturated heterocycles. The Balaban J connectivity index is 1.70. The van der Waals surface area contributed by atoms with Gasteiger partial charge in [-0.05, 0) is 49.1 Å². The number of aromatic nitrogens is 2. The van der Waals surface area contributed by atoms with E-state index in [2.05, 4.69) is 14.7 Å². The van der Waals surface area contributed by atoms with E-state index in [1.807, 2.05) is 4.90 Å². The van der Waals surface area contributed by atoms with Gasteiger partial charge < -0.3 is 14.7 Å². The van der Waals surface area contributed by atoms with E-state index in [1.54, 1.807) is 30.3 Å². The highest BCUT2D eigenvalue weighted by Crippen LogP contribution is 2.38. The number of alkyl halides is 3. The van der Waals surface area contributed by atoms with Gasteiger partial charge in [-0.25, -0.2) is 9.97 Å². The van der Waals surface area contributed by atoms with Crippen molar-refractivity contribution in [3.05, 3.63) is 65.7 Å². The van der Waals surface area contributed by atoms with Crippen LogP contribution in [-0.4, -0.2) is 55.8 Å². The Morgan fingerprint density at radius 3 is 2.58 bits per heavy atom. The summed E-state index contributed by atoms with van der Waals surface area (Å²) in [5.41, 5.74) is -0.317. The molecule has 0 amide bonds. The summed E-state index contributed by atoms with van der Waals surface area (Å²) in [7, 11) is -4.30. The van der Waals surface area contributed by atoms with Crippen molar-refractivity contribution in [1.29, 1.82) is 0 Å². The van der Waals surface area contributed by atoms with Gasteiger partial charge in [0.25, 0.3) is 10.0 Å². The number of anilines is 2. The third-order valence-corrected chi connectivity index (χ3v) is 7.62. The molecule has 13 heteroatoms. The van der Waals surface area contributed by atoms with Crippen LogP contribution < -0.4 is 9.62 Å². The summed E-state index contributed by atoms with van der Waals surface area (Å²) < 4.78 is 76.0. The number of sulfonamides is 1. The quantitative estimate of drug-likeness (QED) is 0.393. The van der Waals surface area contributed by atoms with E-state index in [1.165, 1.54) is 12.1 Å². The zero-order valence-corrected chi connectivity index (χ0v) is 22.3. The standard InChI is InChI=1S/C27H29F3N4O5S/c28-27(29,30)21-12-13-22-31-26(21)20-9-4-3-8-19(20)7-2-1-5-15-34(16-18-39-17-14-25(35)36)23-10-6-11-24(32-23)40(37,38)33-22/h3-4,6,8-13H,1-2,5,7,14-18H2,(H,31,33)(H,35,36). The average molecular weight is 579 g/mol. The van der Waals surface area contributed by atoms with E-state index in [4.69, 9.17) is 9.84 Å². The molecule has 0 saturated carbocycles. The number of pyridine rings is 2. The molecule has 1 aliphatic rings. The van der Waals surface area contributed by atoms with Gasteiger partial charge in [0.1, 0.15) is 11.6 Å². The minimum absolute atomic E-state index is 0.0521. The zero-order valence-electron chi connectivity index (χ0n) is 21.5. The first-order valence-electron chi connectivity index (χ1n) is 12.8. The Morgan fingerprint density at radius 1 is 1.00 bits per heavy atom. The molecule has 2 aromatic heterocycles. The van der Waals surface area contributed by atoms with Gasteiger partial charge in [-0.1, -0.05) is 36.8 Å². The number of halogens is 3. The minimum Gasteiger partial charge on any atom is -0.481 e. The molecule has 9 nitrogen and oxygen atoms in total. The van der Waals surface area contributed by atoms with E-state index < -0.39 is 27.7 Å². The number of ether oxygens (including phenoxy) is 1. The maximum Gasteiger partial charge on any atom is 0.418 e. The second-order valence-corrected chi connectivity index (χ2v) is 10.9. The summed E-state index contributed by atoms with van der Waals surface area (Å²) in [4.78, 5) is 21.0. The van der Waals surface area contributed by atoms with Crippen molar-refractivity contribution in [2.75, 3.05) is 35.9 Å². The number of aliphatic carboxylic acids is 1. The van der Waals surface area contributed by atoms with Crippen molar-refractivity contribution in [1.82, 2.24) is 9.97 Å². The molecule has 0 unspecified atom stereocenters. The van der Waals surface area contributed by atoms with Crippen LogP contribution in [0.5, 0.6) is 0 Å². The predicted molar refractivity (Wildman–Crippen MR) is 143 cm³/mol. The zero-order chi connectivity index (χ0) is 28.8. The molecule has 2 N–H and O–H groups in total. The van der Waals surface area contributed by atoms with Gasteiger partial charge in [0.15, 0.2) is 5.03 Å². The minimum atomic E-state index is -4.69. The Bertz CT molecular complexity index is 1450. The van der Waals surface area contributed by atoms with Crippen LogP contribution in [0.4, 0.5) is 24.8 Å². The van der Waals surface area contributed by atoms with Crippen LogP contribution >= 0.6 is 0 Å². The molecule has 0 fully saturated rings. The van der Waals surface area contributed by atoms with E-state index >= 15 is 0 Å². The smallest absolute Gasteiger partial charge is 0.418 e. The molecule has 3 heterocycles. The third-order valence-electron chi connectivity index (χ3n) is 6.36. The fraction of sp³-hybridized carbons (Fsp3) is 0.370. The number of fused-ring (bicyclic) bond motifs is 6. The first kappa shape index (κ1) is 29.3. The second kappa shape index (κ2) is 12.6. The molecule has 4 rings (SSSR count). The molecular weight excluding hydrogens is 549 g/mol. The van der Waals surface area contributed by atoms with Crippen molar-refractivity contribution in [3.63, 3.8) is 0 Å². The van der Waals surface area contributed by atoms with Crippen molar-refractivity contribution in [2.45, 2.75) is 43.3 Å². The number of aryl methyl sites for hydroxylation is 1. The molecule has 0 atom stereocenters.